The van der Waals surface area contributed by atoms with Crippen molar-refractivity contribution < 1.29 is 8.91 Å². The molecule has 0 spiro atoms. The van der Waals surface area contributed by atoms with Gasteiger partial charge in [0.05, 0.1) is 0 Å². The van der Waals surface area contributed by atoms with Gasteiger partial charge in [0.25, 0.3) is 0 Å². The van der Waals surface area contributed by atoms with E-state index in [0.29, 0.717) is 0 Å². The van der Waals surface area contributed by atoms with E-state index >= 15 is 0 Å². The highest BCUT2D eigenvalue weighted by Gasteiger charge is 1.72. The second kappa shape index (κ2) is 1.58. The number of nitrogens with one attached hydrogen (secondary N) is 1. The van der Waals surface area contributed by atoms with Gasteiger partial charge in [-0.25, -0.2) is 4.79 Å². The summed E-state index contributed by atoms with van der Waals surface area (Å²) < 4.78 is 19.2. The van der Waals surface area contributed by atoms with Crippen LogP contribution in [0.2, 0.25) is 0 Å². The molecule has 0 aromatic rings. The Balaban J connectivity index is 3.55. The number of primary amides is 1. The lowest BCUT2D eigenvalue weighted by Crippen LogP contribution is -2.24. The van der Waals surface area contributed by atoms with Crippen molar-refractivity contribution in [3.05, 3.63) is 0 Å². The van der Waals surface area contributed by atoms with Gasteiger partial charge >= 0.3 is 6.03 Å². The lowest BCUT2D eigenvalue weighted by Gasteiger charge is -1.80. The maximum Gasteiger partial charge on any atom is 0.311 e. The molecule has 0 aromatic heterocycles. The van der Waals surface area contributed by atoms with E-state index in [2.05, 4.69) is 5.73 Å². The standard InChI is InChI=1S/C2H6N2O/c1-4-2(3)5/h1H3,(H3,3,4,5)/i1D3. The van der Waals surface area contributed by atoms with Crippen LogP contribution in [0.4, 0.5) is 4.79 Å². The van der Waals surface area contributed by atoms with Crippen LogP contribution in [-0.2, 0) is 0 Å². The van der Waals surface area contributed by atoms with E-state index in [1.165, 1.54) is 5.32 Å². The molecule has 3 N–H and O–H groups in total. The minimum Gasteiger partial charge on any atom is -0.352 e. The summed E-state index contributed by atoms with van der Waals surface area (Å²) in [4.78, 5) is 9.77. The molecule has 3 heteroatoms. The van der Waals surface area contributed by atoms with Crippen molar-refractivity contribution in [2.24, 2.45) is 5.73 Å². The van der Waals surface area contributed by atoms with Gasteiger partial charge in [-0.15, -0.1) is 0 Å². The topological polar surface area (TPSA) is 55.1 Å². The minimum absolute atomic E-state index is 1.04. The normalized spacial score (nSPS) is 18.0. The Labute approximate surface area is 34.4 Å². The number of hydrogen-bond acceptors (Lipinski definition) is 1. The molecule has 0 fully saturated rings. The number of carbonyl (C=O) groups excluding carboxylic acids is 1. The smallest absolute Gasteiger partial charge is 0.311 e. The van der Waals surface area contributed by atoms with E-state index in [1.807, 2.05) is 0 Å². The van der Waals surface area contributed by atoms with E-state index in [-0.39, 0.29) is 0 Å². The van der Waals surface area contributed by atoms with Crippen LogP contribution in [0.25, 0.3) is 0 Å². The summed E-state index contributed by atoms with van der Waals surface area (Å²) in [5, 5.41) is 1.52. The number of hydrogen-bond donors (Lipinski definition) is 2. The fourth-order valence-corrected chi connectivity index (χ4v) is 0. The van der Waals surface area contributed by atoms with Crippen LogP contribution in [0, 0.1) is 0 Å². The van der Waals surface area contributed by atoms with Gasteiger partial charge in [-0.2, -0.15) is 0 Å². The number of amides is 2. The summed E-state index contributed by atoms with van der Waals surface area (Å²) in [6.07, 6.45) is 0. The molecule has 0 rings (SSSR count). The zero-order valence-electron chi connectivity index (χ0n) is 5.49. The van der Waals surface area contributed by atoms with Gasteiger partial charge < -0.3 is 11.1 Å². The fourth-order valence-electron chi connectivity index (χ4n) is 0. The summed E-state index contributed by atoms with van der Waals surface area (Å²) >= 11 is 0. The average molecular weight is 77.1 g/mol. The zero-order chi connectivity index (χ0) is 6.78. The molecule has 5 heavy (non-hydrogen) atoms. The third-order valence-electron chi connectivity index (χ3n) is 0.123. The first-order valence-corrected chi connectivity index (χ1v) is 0.993. The van der Waals surface area contributed by atoms with E-state index in [0.717, 1.165) is 0 Å². The van der Waals surface area contributed by atoms with Crippen LogP contribution in [-0.4, -0.2) is 13.0 Å². The first-order valence-electron chi connectivity index (χ1n) is 2.49. The molecule has 0 radical (unpaired) electrons. The van der Waals surface area contributed by atoms with Gasteiger partial charge in [0.2, 0.25) is 0 Å². The molecule has 0 aliphatic carbocycles. The molecule has 3 nitrogen and oxygen atoms in total. The molecule has 0 aliphatic heterocycles. The lowest BCUT2D eigenvalue weighted by atomic mass is 11.1. The number of nitrogens with two attached hydrogens (primary N) is 1. The first kappa shape index (κ1) is 1.16. The predicted molar refractivity (Wildman–Crippen MR) is 18.6 cm³/mol. The summed E-state index contributed by atoms with van der Waals surface area (Å²) in [5.41, 5.74) is 4.47. The van der Waals surface area contributed by atoms with Gasteiger partial charge in [-0.05, 0) is 0 Å². The van der Waals surface area contributed by atoms with Crippen LogP contribution >= 0.6 is 0 Å². The molecule has 30 valence electrons. The van der Waals surface area contributed by atoms with Gasteiger partial charge in [0.15, 0.2) is 0 Å². The van der Waals surface area contributed by atoms with E-state index < -0.39 is 13.0 Å². The largest absolute Gasteiger partial charge is 0.352 e. The zero-order valence-corrected chi connectivity index (χ0v) is 2.49. The highest BCUT2D eigenvalue weighted by atomic mass is 16.2. The van der Waals surface area contributed by atoms with Crippen LogP contribution in [0.5, 0.6) is 0 Å². The minimum atomic E-state index is -2.45. The van der Waals surface area contributed by atoms with Crippen LogP contribution in [0.15, 0.2) is 0 Å². The van der Waals surface area contributed by atoms with E-state index in [1.54, 1.807) is 0 Å². The predicted octanol–water partition coefficient (Wildman–Crippen LogP) is -0.716. The molecular weight excluding hydrogens is 68.0 g/mol. The third kappa shape index (κ3) is 3.27. The van der Waals surface area contributed by atoms with Crippen molar-refractivity contribution in [3.63, 3.8) is 0 Å². The number of carbonyl (C=O) groups is 1. The molecular formula is C2H6N2O. The number of rotatable bonds is 0. The Morgan fingerprint density at radius 1 is 2.40 bits per heavy atom. The second-order valence-electron chi connectivity index (χ2n) is 0.489. The van der Waals surface area contributed by atoms with Gasteiger partial charge in [-0.1, -0.05) is 0 Å². The van der Waals surface area contributed by atoms with Crippen molar-refractivity contribution in [1.82, 2.24) is 5.32 Å². The summed E-state index contributed by atoms with van der Waals surface area (Å²) in [5.74, 6) is 0. The van der Waals surface area contributed by atoms with Gasteiger partial charge in [0, 0.05) is 11.1 Å². The Hall–Kier alpha value is -0.730. The Kier molecular flexibility index (Phi) is 0.366. The van der Waals surface area contributed by atoms with Crippen LogP contribution in [0.1, 0.15) is 4.11 Å². The molecule has 0 bridgehead atoms. The quantitative estimate of drug-likeness (QED) is 0.394. The van der Waals surface area contributed by atoms with Crippen molar-refractivity contribution in [2.45, 2.75) is 0 Å². The highest BCUT2D eigenvalue weighted by molar-refractivity contribution is 5.71. The third-order valence-corrected chi connectivity index (χ3v) is 0.123. The van der Waals surface area contributed by atoms with Crippen LogP contribution in [0.3, 0.4) is 0 Å². The van der Waals surface area contributed by atoms with Crippen molar-refractivity contribution >= 4 is 6.03 Å². The monoisotopic (exact) mass is 77.1 g/mol. The van der Waals surface area contributed by atoms with Crippen molar-refractivity contribution in [2.75, 3.05) is 6.98 Å². The molecule has 0 aromatic carbocycles. The van der Waals surface area contributed by atoms with Crippen molar-refractivity contribution in [3.8, 4) is 0 Å². The molecule has 0 saturated heterocycles. The molecule has 2 amide bonds. The van der Waals surface area contributed by atoms with E-state index in [9.17, 15) is 4.79 Å². The average Bonchev–Trinajstić information content (AvgIpc) is 1.21. The Morgan fingerprint density at radius 3 is 3.00 bits per heavy atom. The maximum absolute atomic E-state index is 9.77. The SMILES string of the molecule is [2H]C([2H])([2H])NC(N)=O. The molecule has 0 saturated carbocycles. The second-order valence-corrected chi connectivity index (χ2v) is 0.489. The maximum atomic E-state index is 9.77. The molecule has 0 heterocycles. The molecule has 0 atom stereocenters. The Bertz CT molecular complexity index is 97.9. The highest BCUT2D eigenvalue weighted by Crippen LogP contribution is 1.38. The van der Waals surface area contributed by atoms with Gasteiger partial charge in [-0.3, -0.25) is 0 Å². The Morgan fingerprint density at radius 2 is 3.00 bits per heavy atom. The van der Waals surface area contributed by atoms with E-state index in [4.69, 9.17) is 4.11 Å². The van der Waals surface area contributed by atoms with Crippen molar-refractivity contribution in [1.29, 1.82) is 0 Å². The molecule has 0 unspecified atom stereocenters. The lowest BCUT2D eigenvalue weighted by molar-refractivity contribution is 0.251. The first-order chi connectivity index (χ1) is 3.42. The van der Waals surface area contributed by atoms with Crippen LogP contribution < -0.4 is 11.1 Å². The summed E-state index contributed by atoms with van der Waals surface area (Å²) in [7, 11) is 0. The summed E-state index contributed by atoms with van der Waals surface area (Å²) in [6.45, 7) is -2.45. The fraction of sp³-hybridized carbons (Fsp3) is 0.500. The molecule has 0 aliphatic rings. The van der Waals surface area contributed by atoms with Gasteiger partial charge in [0.1, 0.15) is 0 Å². The number of urea groups is 1. The summed E-state index contributed by atoms with van der Waals surface area (Å²) in [6, 6.07) is -1.04.